The van der Waals surface area contributed by atoms with Crippen LogP contribution in [-0.2, 0) is 4.74 Å². The van der Waals surface area contributed by atoms with Gasteiger partial charge in [0.1, 0.15) is 0 Å². The number of methoxy groups -OCH3 is 1. The van der Waals surface area contributed by atoms with Crippen LogP contribution >= 0.6 is 0 Å². The molecule has 1 aliphatic carbocycles. The van der Waals surface area contributed by atoms with Crippen molar-refractivity contribution >= 4 is 0 Å². The molecule has 0 bridgehead atoms. The summed E-state index contributed by atoms with van der Waals surface area (Å²) in [6.45, 7) is 0. The molecule has 48 valence electrons. The van der Waals surface area contributed by atoms with Crippen molar-refractivity contribution in [2.24, 2.45) is 0 Å². The lowest BCUT2D eigenvalue weighted by molar-refractivity contribution is 0.334. The van der Waals surface area contributed by atoms with Gasteiger partial charge < -0.3 is 4.74 Å². The van der Waals surface area contributed by atoms with Gasteiger partial charge in [0.2, 0.25) is 0 Å². The highest BCUT2D eigenvalue weighted by Crippen LogP contribution is 2.08. The van der Waals surface area contributed by atoms with Gasteiger partial charge in [-0.2, -0.15) is 0 Å². The summed E-state index contributed by atoms with van der Waals surface area (Å²) < 4.78 is 4.83. The van der Waals surface area contributed by atoms with Gasteiger partial charge in [-0.1, -0.05) is 24.3 Å². The fourth-order valence-electron chi connectivity index (χ4n) is 0.769. The van der Waals surface area contributed by atoms with E-state index in [1.807, 2.05) is 18.2 Å². The molecule has 1 rings (SSSR count). The second-order valence-electron chi connectivity index (χ2n) is 1.92. The van der Waals surface area contributed by atoms with Gasteiger partial charge in [0, 0.05) is 0 Å². The third kappa shape index (κ3) is 1.76. The first-order chi connectivity index (χ1) is 4.43. The summed E-state index contributed by atoms with van der Waals surface area (Å²) in [7, 11) is 1.67. The molecule has 0 aromatic rings. The quantitative estimate of drug-likeness (QED) is 0.483. The topological polar surface area (TPSA) is 9.23 Å². The average molecular weight is 122 g/mol. The van der Waals surface area contributed by atoms with Crippen molar-refractivity contribution in [3.05, 3.63) is 36.1 Å². The van der Waals surface area contributed by atoms with Crippen molar-refractivity contribution < 1.29 is 4.74 Å². The fourth-order valence-corrected chi connectivity index (χ4v) is 0.769. The Morgan fingerprint density at radius 2 is 2.44 bits per heavy atom. The SMILES string of the molecule is COC=C1C=CC=CC1. The first-order valence-electron chi connectivity index (χ1n) is 2.98. The van der Waals surface area contributed by atoms with Crippen molar-refractivity contribution in [1.29, 1.82) is 0 Å². The number of allylic oxidation sites excluding steroid dienone is 5. The van der Waals surface area contributed by atoms with Crippen molar-refractivity contribution in [1.82, 2.24) is 0 Å². The summed E-state index contributed by atoms with van der Waals surface area (Å²) in [6.07, 6.45) is 10.9. The summed E-state index contributed by atoms with van der Waals surface area (Å²) >= 11 is 0. The van der Waals surface area contributed by atoms with Gasteiger partial charge >= 0.3 is 0 Å². The zero-order chi connectivity index (χ0) is 6.53. The number of hydrogen-bond donors (Lipinski definition) is 0. The van der Waals surface area contributed by atoms with E-state index in [1.54, 1.807) is 13.4 Å². The smallest absolute Gasteiger partial charge is 0.0859 e. The van der Waals surface area contributed by atoms with Crippen LogP contribution in [0.2, 0.25) is 0 Å². The summed E-state index contributed by atoms with van der Waals surface area (Å²) in [5.74, 6) is 0. The molecule has 0 heterocycles. The van der Waals surface area contributed by atoms with E-state index in [2.05, 4.69) is 6.08 Å². The Bertz CT molecular complexity index is 163. The molecule has 0 amide bonds. The Hall–Kier alpha value is -0.980. The predicted molar refractivity (Wildman–Crippen MR) is 38.0 cm³/mol. The second kappa shape index (κ2) is 3.13. The van der Waals surface area contributed by atoms with Crippen LogP contribution in [0.4, 0.5) is 0 Å². The van der Waals surface area contributed by atoms with E-state index in [-0.39, 0.29) is 0 Å². The van der Waals surface area contributed by atoms with E-state index in [0.29, 0.717) is 0 Å². The monoisotopic (exact) mass is 122 g/mol. The van der Waals surface area contributed by atoms with Crippen molar-refractivity contribution in [3.63, 3.8) is 0 Å². The molecule has 0 aromatic carbocycles. The third-order valence-electron chi connectivity index (χ3n) is 1.18. The molecule has 0 aromatic heterocycles. The zero-order valence-electron chi connectivity index (χ0n) is 5.50. The first-order valence-corrected chi connectivity index (χ1v) is 2.98. The molecule has 0 spiro atoms. The van der Waals surface area contributed by atoms with Crippen LogP contribution in [0.5, 0.6) is 0 Å². The van der Waals surface area contributed by atoms with Crippen LogP contribution in [0.1, 0.15) is 6.42 Å². The molecule has 0 aliphatic heterocycles. The summed E-state index contributed by atoms with van der Waals surface area (Å²) in [6, 6.07) is 0. The van der Waals surface area contributed by atoms with Crippen LogP contribution < -0.4 is 0 Å². The average Bonchev–Trinajstić information content (AvgIpc) is 1.91. The van der Waals surface area contributed by atoms with E-state index >= 15 is 0 Å². The minimum absolute atomic E-state index is 0.990. The van der Waals surface area contributed by atoms with Gasteiger partial charge in [-0.25, -0.2) is 0 Å². The maximum absolute atomic E-state index is 4.83. The largest absolute Gasteiger partial charge is 0.504 e. The Kier molecular flexibility index (Phi) is 2.13. The highest BCUT2D eigenvalue weighted by atomic mass is 16.5. The maximum Gasteiger partial charge on any atom is 0.0859 e. The van der Waals surface area contributed by atoms with Gasteiger partial charge in [0.25, 0.3) is 0 Å². The lowest BCUT2D eigenvalue weighted by Crippen LogP contribution is -1.80. The summed E-state index contributed by atoms with van der Waals surface area (Å²) in [4.78, 5) is 0. The Morgan fingerprint density at radius 3 is 3.00 bits per heavy atom. The lowest BCUT2D eigenvalue weighted by atomic mass is 10.1. The molecule has 0 fully saturated rings. The van der Waals surface area contributed by atoms with Gasteiger partial charge in [-0.05, 0) is 12.0 Å². The van der Waals surface area contributed by atoms with Crippen LogP contribution in [0.3, 0.4) is 0 Å². The molecule has 1 aliphatic rings. The molecule has 0 saturated carbocycles. The minimum Gasteiger partial charge on any atom is -0.504 e. The normalized spacial score (nSPS) is 20.8. The summed E-state index contributed by atoms with van der Waals surface area (Å²) in [5.41, 5.74) is 1.22. The van der Waals surface area contributed by atoms with Gasteiger partial charge in [0.15, 0.2) is 0 Å². The zero-order valence-corrected chi connectivity index (χ0v) is 5.50. The standard InChI is InChI=1S/C8H10O/c1-9-7-8-5-3-2-4-6-8/h2-5,7H,6H2,1H3. The molecule has 0 atom stereocenters. The molecule has 9 heavy (non-hydrogen) atoms. The molecule has 0 radical (unpaired) electrons. The van der Waals surface area contributed by atoms with Crippen LogP contribution in [0.15, 0.2) is 36.1 Å². The minimum atomic E-state index is 0.990. The number of hydrogen-bond acceptors (Lipinski definition) is 1. The van der Waals surface area contributed by atoms with E-state index in [1.165, 1.54) is 5.57 Å². The Balaban J connectivity index is 2.55. The third-order valence-corrected chi connectivity index (χ3v) is 1.18. The molecule has 0 unspecified atom stereocenters. The van der Waals surface area contributed by atoms with E-state index in [9.17, 15) is 0 Å². The van der Waals surface area contributed by atoms with E-state index in [0.717, 1.165) is 6.42 Å². The van der Waals surface area contributed by atoms with E-state index in [4.69, 9.17) is 4.74 Å². The van der Waals surface area contributed by atoms with Crippen molar-refractivity contribution in [2.75, 3.05) is 7.11 Å². The highest BCUT2D eigenvalue weighted by molar-refractivity contribution is 5.27. The van der Waals surface area contributed by atoms with Crippen LogP contribution in [0.25, 0.3) is 0 Å². The maximum atomic E-state index is 4.83. The molecule has 1 heteroatoms. The van der Waals surface area contributed by atoms with Crippen molar-refractivity contribution in [2.45, 2.75) is 6.42 Å². The highest BCUT2D eigenvalue weighted by Gasteiger charge is 1.90. The molecule has 1 nitrogen and oxygen atoms in total. The first kappa shape index (κ1) is 6.14. The number of rotatable bonds is 1. The van der Waals surface area contributed by atoms with Gasteiger partial charge in [-0.15, -0.1) is 0 Å². The Morgan fingerprint density at radius 1 is 1.56 bits per heavy atom. The summed E-state index contributed by atoms with van der Waals surface area (Å²) in [5, 5.41) is 0. The second-order valence-corrected chi connectivity index (χ2v) is 1.92. The fraction of sp³-hybridized carbons (Fsp3) is 0.250. The predicted octanol–water partition coefficient (Wildman–Crippen LogP) is 2.03. The van der Waals surface area contributed by atoms with Crippen LogP contribution in [-0.4, -0.2) is 7.11 Å². The van der Waals surface area contributed by atoms with Crippen molar-refractivity contribution in [3.8, 4) is 0 Å². The lowest BCUT2D eigenvalue weighted by Gasteiger charge is -1.99. The van der Waals surface area contributed by atoms with Crippen LogP contribution in [0, 0.1) is 0 Å². The molecule has 0 saturated heterocycles. The number of ether oxygens (including phenoxy) is 1. The van der Waals surface area contributed by atoms with Gasteiger partial charge in [0.05, 0.1) is 13.4 Å². The van der Waals surface area contributed by atoms with E-state index < -0.39 is 0 Å². The molecular weight excluding hydrogens is 112 g/mol. The molecule has 0 N–H and O–H groups in total. The van der Waals surface area contributed by atoms with Gasteiger partial charge in [-0.3, -0.25) is 0 Å². The Labute approximate surface area is 55.3 Å². The molecular formula is C8H10O.